The first kappa shape index (κ1) is 16.7. The Morgan fingerprint density at radius 1 is 1.00 bits per heavy atom. The van der Waals surface area contributed by atoms with Crippen LogP contribution in [0.1, 0.15) is 10.6 Å². The van der Waals surface area contributed by atoms with Gasteiger partial charge in [-0.1, -0.05) is 48.5 Å². The Bertz CT molecular complexity index is 804. The Labute approximate surface area is 141 Å². The fourth-order valence-corrected chi connectivity index (χ4v) is 2.19. The van der Waals surface area contributed by atoms with E-state index in [0.717, 1.165) is 0 Å². The summed E-state index contributed by atoms with van der Waals surface area (Å²) in [4.78, 5) is 16.1. The summed E-state index contributed by atoms with van der Waals surface area (Å²) in [6.45, 7) is -1.44. The Morgan fingerprint density at radius 2 is 1.60 bits per heavy atom. The minimum absolute atomic E-state index is 0.327. The minimum atomic E-state index is -4.50. The minimum Gasteiger partial charge on any atom is -0.340 e. The number of rotatable bonds is 4. The Morgan fingerprint density at radius 3 is 2.20 bits per heavy atom. The van der Waals surface area contributed by atoms with Crippen LogP contribution in [0.2, 0.25) is 0 Å². The quantitative estimate of drug-likeness (QED) is 0.789. The summed E-state index contributed by atoms with van der Waals surface area (Å²) in [6.07, 6.45) is -4.50. The van der Waals surface area contributed by atoms with Gasteiger partial charge in [0, 0.05) is 5.56 Å². The van der Waals surface area contributed by atoms with Crippen molar-refractivity contribution in [1.82, 2.24) is 20.1 Å². The SMILES string of the molecule is O=C(NCC(F)(F)F)c1nc(-c2ccccc2)n(-c2ccccc2)n1. The number of carbonyl (C=O) groups is 1. The van der Waals surface area contributed by atoms with Gasteiger partial charge in [0.1, 0.15) is 6.54 Å². The molecule has 2 aromatic carbocycles. The first-order chi connectivity index (χ1) is 11.9. The van der Waals surface area contributed by atoms with E-state index in [-0.39, 0.29) is 5.82 Å². The zero-order chi connectivity index (χ0) is 17.9. The van der Waals surface area contributed by atoms with E-state index < -0.39 is 18.6 Å². The summed E-state index contributed by atoms with van der Waals surface area (Å²) in [6, 6.07) is 17.9. The van der Waals surface area contributed by atoms with Crippen molar-refractivity contribution >= 4 is 5.91 Å². The lowest BCUT2D eigenvalue weighted by molar-refractivity contribution is -0.123. The van der Waals surface area contributed by atoms with E-state index in [4.69, 9.17) is 0 Å². The standard InChI is InChI=1S/C17H13F3N4O/c18-17(19,20)11-21-16(25)14-22-15(12-7-3-1-4-8-12)24(23-14)13-9-5-2-6-10-13/h1-10H,11H2,(H,21,25). The number of para-hydroxylation sites is 1. The average Bonchev–Trinajstić information content (AvgIpc) is 3.06. The van der Waals surface area contributed by atoms with Crippen LogP contribution < -0.4 is 5.32 Å². The number of carbonyl (C=O) groups excluding carboxylic acids is 1. The lowest BCUT2D eigenvalue weighted by Crippen LogP contribution is -2.34. The number of nitrogens with one attached hydrogen (secondary N) is 1. The number of hydrogen-bond donors (Lipinski definition) is 1. The van der Waals surface area contributed by atoms with Crippen LogP contribution in [-0.2, 0) is 0 Å². The molecule has 25 heavy (non-hydrogen) atoms. The third-order valence-electron chi connectivity index (χ3n) is 3.29. The van der Waals surface area contributed by atoms with Gasteiger partial charge in [-0.3, -0.25) is 4.79 Å². The number of benzene rings is 2. The molecule has 3 rings (SSSR count). The third-order valence-corrected chi connectivity index (χ3v) is 3.29. The average molecular weight is 346 g/mol. The summed E-state index contributed by atoms with van der Waals surface area (Å²) in [7, 11) is 0. The number of hydrogen-bond acceptors (Lipinski definition) is 3. The molecule has 0 aliphatic rings. The van der Waals surface area contributed by atoms with Crippen molar-refractivity contribution in [3.63, 3.8) is 0 Å². The van der Waals surface area contributed by atoms with Gasteiger partial charge in [0.25, 0.3) is 5.91 Å². The van der Waals surface area contributed by atoms with Crippen LogP contribution >= 0.6 is 0 Å². The summed E-state index contributed by atoms with van der Waals surface area (Å²) < 4.78 is 38.3. The Kier molecular flexibility index (Phi) is 4.51. The van der Waals surface area contributed by atoms with Gasteiger partial charge in [0.2, 0.25) is 5.82 Å². The summed E-state index contributed by atoms with van der Waals surface area (Å²) >= 11 is 0. The van der Waals surface area contributed by atoms with Crippen LogP contribution in [0.5, 0.6) is 0 Å². The largest absolute Gasteiger partial charge is 0.405 e. The molecule has 0 aliphatic carbocycles. The molecule has 0 radical (unpaired) electrons. The number of amides is 1. The lowest BCUT2D eigenvalue weighted by atomic mass is 10.2. The normalized spacial score (nSPS) is 11.3. The molecule has 0 atom stereocenters. The fourth-order valence-electron chi connectivity index (χ4n) is 2.19. The van der Waals surface area contributed by atoms with Crippen molar-refractivity contribution < 1.29 is 18.0 Å². The molecule has 0 unspecified atom stereocenters. The molecule has 0 fully saturated rings. The van der Waals surface area contributed by atoms with Gasteiger partial charge in [0.15, 0.2) is 5.82 Å². The van der Waals surface area contributed by atoms with Crippen LogP contribution in [0.15, 0.2) is 60.7 Å². The predicted octanol–water partition coefficient (Wildman–Crippen LogP) is 3.23. The van der Waals surface area contributed by atoms with Gasteiger partial charge in [-0.15, -0.1) is 5.10 Å². The highest BCUT2D eigenvalue weighted by Gasteiger charge is 2.29. The highest BCUT2D eigenvalue weighted by molar-refractivity contribution is 5.91. The molecule has 0 spiro atoms. The van der Waals surface area contributed by atoms with Gasteiger partial charge in [-0.25, -0.2) is 9.67 Å². The van der Waals surface area contributed by atoms with Gasteiger partial charge < -0.3 is 5.32 Å². The molecule has 3 aromatic rings. The molecular formula is C17H13F3N4O. The first-order valence-corrected chi connectivity index (χ1v) is 7.37. The summed E-state index contributed by atoms with van der Waals surface area (Å²) in [5.74, 6) is -0.944. The summed E-state index contributed by atoms with van der Waals surface area (Å²) in [5.41, 5.74) is 1.33. The topological polar surface area (TPSA) is 59.8 Å². The lowest BCUT2D eigenvalue weighted by Gasteiger charge is -2.06. The monoisotopic (exact) mass is 346 g/mol. The van der Waals surface area contributed by atoms with E-state index in [9.17, 15) is 18.0 Å². The maximum Gasteiger partial charge on any atom is 0.405 e. The van der Waals surface area contributed by atoms with Crippen molar-refractivity contribution in [3.8, 4) is 17.1 Å². The molecule has 128 valence electrons. The predicted molar refractivity (Wildman–Crippen MR) is 85.2 cm³/mol. The second-order valence-electron chi connectivity index (χ2n) is 5.17. The second-order valence-corrected chi connectivity index (χ2v) is 5.17. The third kappa shape index (κ3) is 4.03. The van der Waals surface area contributed by atoms with E-state index in [1.54, 1.807) is 53.8 Å². The highest BCUT2D eigenvalue weighted by Crippen LogP contribution is 2.21. The molecule has 5 nitrogen and oxygen atoms in total. The smallest absolute Gasteiger partial charge is 0.340 e. The van der Waals surface area contributed by atoms with Crippen LogP contribution in [-0.4, -0.2) is 33.4 Å². The van der Waals surface area contributed by atoms with Gasteiger partial charge in [-0.05, 0) is 12.1 Å². The van der Waals surface area contributed by atoms with Crippen molar-refractivity contribution in [2.24, 2.45) is 0 Å². The number of nitrogens with zero attached hydrogens (tertiary/aromatic N) is 3. The number of alkyl halides is 3. The number of aromatic nitrogens is 3. The van der Waals surface area contributed by atoms with Crippen LogP contribution in [0.3, 0.4) is 0 Å². The molecule has 0 aliphatic heterocycles. The second kappa shape index (κ2) is 6.76. The molecule has 0 saturated carbocycles. The van der Waals surface area contributed by atoms with Gasteiger partial charge in [-0.2, -0.15) is 13.2 Å². The molecule has 1 N–H and O–H groups in total. The molecule has 0 saturated heterocycles. The van der Waals surface area contributed by atoms with E-state index in [1.807, 2.05) is 12.1 Å². The molecule has 8 heteroatoms. The van der Waals surface area contributed by atoms with Crippen LogP contribution in [0, 0.1) is 0 Å². The van der Waals surface area contributed by atoms with Crippen LogP contribution in [0.4, 0.5) is 13.2 Å². The summed E-state index contributed by atoms with van der Waals surface area (Å²) in [5, 5.41) is 5.86. The van der Waals surface area contributed by atoms with Crippen molar-refractivity contribution in [2.75, 3.05) is 6.54 Å². The van der Waals surface area contributed by atoms with Gasteiger partial charge >= 0.3 is 6.18 Å². The maximum absolute atomic E-state index is 12.3. The van der Waals surface area contributed by atoms with Crippen LogP contribution in [0.25, 0.3) is 17.1 Å². The fraction of sp³-hybridized carbons (Fsp3) is 0.118. The zero-order valence-corrected chi connectivity index (χ0v) is 12.9. The van der Waals surface area contributed by atoms with Crippen molar-refractivity contribution in [1.29, 1.82) is 0 Å². The highest BCUT2D eigenvalue weighted by atomic mass is 19.4. The van der Waals surface area contributed by atoms with Crippen molar-refractivity contribution in [2.45, 2.75) is 6.18 Å². The molecule has 1 aromatic heterocycles. The van der Waals surface area contributed by atoms with E-state index in [2.05, 4.69) is 10.1 Å². The van der Waals surface area contributed by atoms with Gasteiger partial charge in [0.05, 0.1) is 5.69 Å². The maximum atomic E-state index is 12.3. The Balaban J connectivity index is 1.99. The van der Waals surface area contributed by atoms with E-state index in [1.165, 1.54) is 4.68 Å². The molecular weight excluding hydrogens is 333 g/mol. The van der Waals surface area contributed by atoms with Crippen molar-refractivity contribution in [3.05, 3.63) is 66.5 Å². The first-order valence-electron chi connectivity index (χ1n) is 7.37. The van der Waals surface area contributed by atoms with E-state index in [0.29, 0.717) is 17.1 Å². The zero-order valence-electron chi connectivity index (χ0n) is 12.9. The molecule has 0 bridgehead atoms. The Hall–Kier alpha value is -3.16. The molecule has 1 amide bonds. The molecule has 1 heterocycles. The van der Waals surface area contributed by atoms with E-state index >= 15 is 0 Å². The number of halogens is 3.